The minimum atomic E-state index is 0.0503. The summed E-state index contributed by atoms with van der Waals surface area (Å²) in [5.74, 6) is 2.87. The maximum absolute atomic E-state index is 8.21. The summed E-state index contributed by atoms with van der Waals surface area (Å²) in [4.78, 5) is 0. The van der Waals surface area contributed by atoms with Crippen LogP contribution in [0, 0.1) is 17.8 Å². The molecular weight excluding hydrogens is 134 g/mol. The fourth-order valence-corrected chi connectivity index (χ4v) is 4.11. The maximum atomic E-state index is 8.21. The van der Waals surface area contributed by atoms with Crippen molar-refractivity contribution in [1.82, 2.24) is 5.73 Å². The van der Waals surface area contributed by atoms with E-state index < -0.39 is 0 Å². The third-order valence-corrected chi connectivity index (χ3v) is 4.04. The Kier molecular flexibility index (Phi) is 1.07. The zero-order valence-electron chi connectivity index (χ0n) is 6.97. The van der Waals surface area contributed by atoms with E-state index in [2.05, 4.69) is 0 Å². The molecule has 4 aliphatic rings. The highest BCUT2D eigenvalue weighted by molar-refractivity contribution is 5.04. The molecule has 0 spiro atoms. The fraction of sp³-hybridized carbons (Fsp3) is 1.00. The lowest BCUT2D eigenvalue weighted by Crippen LogP contribution is -2.51. The second kappa shape index (κ2) is 1.82. The summed E-state index contributed by atoms with van der Waals surface area (Å²) in [5.41, 5.74) is 8.26. The Labute approximate surface area is 68.3 Å². The molecule has 0 aromatic carbocycles. The molecule has 0 unspecified atom stereocenters. The lowest BCUT2D eigenvalue weighted by atomic mass is 9.53. The van der Waals surface area contributed by atoms with E-state index in [0.29, 0.717) is 0 Å². The minimum absolute atomic E-state index is 0.0503. The molecule has 0 heterocycles. The van der Waals surface area contributed by atoms with Crippen LogP contribution in [0.5, 0.6) is 0 Å². The molecule has 0 saturated heterocycles. The van der Waals surface area contributed by atoms with Gasteiger partial charge < -0.3 is 0 Å². The quantitative estimate of drug-likeness (QED) is 0.505. The van der Waals surface area contributed by atoms with Crippen molar-refractivity contribution in [2.75, 3.05) is 0 Å². The molecule has 0 aromatic heterocycles. The Balaban J connectivity index is 1.94. The van der Waals surface area contributed by atoms with Crippen LogP contribution < -0.4 is 5.73 Å². The van der Waals surface area contributed by atoms with Crippen LogP contribution in [0.3, 0.4) is 0 Å². The molecule has 4 saturated carbocycles. The van der Waals surface area contributed by atoms with Crippen molar-refractivity contribution in [3.8, 4) is 0 Å². The van der Waals surface area contributed by atoms with Gasteiger partial charge in [-0.15, -0.1) is 0 Å². The molecule has 1 nitrogen and oxygen atoms in total. The van der Waals surface area contributed by atoms with Crippen molar-refractivity contribution < 1.29 is 0 Å². The third-order valence-electron chi connectivity index (χ3n) is 4.04. The molecule has 11 heavy (non-hydrogen) atoms. The van der Waals surface area contributed by atoms with Gasteiger partial charge in [0.2, 0.25) is 0 Å². The largest absolute Gasteiger partial charge is 0.251 e. The lowest BCUT2D eigenvalue weighted by molar-refractivity contribution is -0.00343. The molecule has 4 aliphatic carbocycles. The van der Waals surface area contributed by atoms with E-state index in [0.717, 1.165) is 17.8 Å². The summed E-state index contributed by atoms with van der Waals surface area (Å²) < 4.78 is 0. The van der Waals surface area contributed by atoms with Crippen LogP contribution in [0.4, 0.5) is 0 Å². The molecule has 1 radical (unpaired) electrons. The molecular formula is C10H16N. The van der Waals surface area contributed by atoms with Gasteiger partial charge in [-0.2, -0.15) is 0 Å². The summed E-state index contributed by atoms with van der Waals surface area (Å²) in [6, 6.07) is 0. The number of nitrogens with one attached hydrogen (secondary N) is 1. The van der Waals surface area contributed by atoms with Crippen LogP contribution in [-0.2, 0) is 0 Å². The minimum Gasteiger partial charge on any atom is -0.251 e. The SMILES string of the molecule is [NH]C12CC3CC(CC(C3)C1)C2. The molecule has 4 rings (SSSR count). The van der Waals surface area contributed by atoms with E-state index >= 15 is 0 Å². The van der Waals surface area contributed by atoms with Gasteiger partial charge in [0.05, 0.1) is 0 Å². The van der Waals surface area contributed by atoms with E-state index in [1.54, 1.807) is 0 Å². The first kappa shape index (κ1) is 6.47. The van der Waals surface area contributed by atoms with Gasteiger partial charge in [0.1, 0.15) is 0 Å². The van der Waals surface area contributed by atoms with Gasteiger partial charge in [0, 0.05) is 5.54 Å². The normalized spacial score (nSPS) is 60.3. The Hall–Kier alpha value is -0.0400. The smallest absolute Gasteiger partial charge is 0.0331 e. The van der Waals surface area contributed by atoms with Crippen LogP contribution in [0.15, 0.2) is 0 Å². The highest BCUT2D eigenvalue weighted by atomic mass is 14.8. The number of hydrogen-bond donors (Lipinski definition) is 0. The summed E-state index contributed by atoms with van der Waals surface area (Å²) in [5, 5.41) is 0. The molecule has 4 fully saturated rings. The highest BCUT2D eigenvalue weighted by Crippen LogP contribution is 2.55. The Morgan fingerprint density at radius 2 is 1.18 bits per heavy atom. The molecule has 1 heteroatoms. The first-order valence-electron chi connectivity index (χ1n) is 4.98. The molecule has 0 amide bonds. The monoisotopic (exact) mass is 150 g/mol. The zero-order valence-corrected chi connectivity index (χ0v) is 6.97. The van der Waals surface area contributed by atoms with Gasteiger partial charge in [-0.1, -0.05) is 0 Å². The summed E-state index contributed by atoms with van der Waals surface area (Å²) >= 11 is 0. The van der Waals surface area contributed by atoms with E-state index in [-0.39, 0.29) is 5.54 Å². The predicted molar refractivity (Wildman–Crippen MR) is 44.0 cm³/mol. The fourth-order valence-electron chi connectivity index (χ4n) is 4.11. The van der Waals surface area contributed by atoms with Gasteiger partial charge in [0.25, 0.3) is 0 Å². The van der Waals surface area contributed by atoms with E-state index in [4.69, 9.17) is 5.73 Å². The molecule has 1 N–H and O–H groups in total. The average molecular weight is 150 g/mol. The van der Waals surface area contributed by atoms with Crippen molar-refractivity contribution >= 4 is 0 Å². The average Bonchev–Trinajstić information content (AvgIpc) is 1.79. The van der Waals surface area contributed by atoms with Crippen molar-refractivity contribution in [3.05, 3.63) is 0 Å². The van der Waals surface area contributed by atoms with E-state index in [9.17, 15) is 0 Å². The van der Waals surface area contributed by atoms with Crippen molar-refractivity contribution in [3.63, 3.8) is 0 Å². The van der Waals surface area contributed by atoms with Gasteiger partial charge in [-0.25, -0.2) is 0 Å². The van der Waals surface area contributed by atoms with Crippen LogP contribution in [0.1, 0.15) is 38.5 Å². The first-order chi connectivity index (χ1) is 5.23. The third kappa shape index (κ3) is 0.868. The van der Waals surface area contributed by atoms with E-state index in [1.807, 2.05) is 0 Å². The topological polar surface area (TPSA) is 23.8 Å². The Bertz CT molecular complexity index is 150. The van der Waals surface area contributed by atoms with Gasteiger partial charge in [-0.05, 0) is 56.3 Å². The van der Waals surface area contributed by atoms with Crippen LogP contribution in [-0.4, -0.2) is 5.54 Å². The van der Waals surface area contributed by atoms with Crippen LogP contribution in [0.25, 0.3) is 0 Å². The highest BCUT2D eigenvalue weighted by Gasteiger charge is 2.49. The maximum Gasteiger partial charge on any atom is 0.0331 e. The first-order valence-corrected chi connectivity index (χ1v) is 4.98. The van der Waals surface area contributed by atoms with Crippen LogP contribution in [0.2, 0.25) is 0 Å². The lowest BCUT2D eigenvalue weighted by Gasteiger charge is -2.54. The molecule has 4 bridgehead atoms. The zero-order chi connectivity index (χ0) is 7.47. The summed E-state index contributed by atoms with van der Waals surface area (Å²) in [7, 11) is 0. The van der Waals surface area contributed by atoms with Crippen molar-refractivity contribution in [1.29, 1.82) is 0 Å². The molecule has 0 atom stereocenters. The van der Waals surface area contributed by atoms with E-state index in [1.165, 1.54) is 38.5 Å². The van der Waals surface area contributed by atoms with Crippen molar-refractivity contribution in [2.45, 2.75) is 44.1 Å². The standard InChI is InChI=1S/C10H16N/c11-10-4-7-1-8(5-10)3-9(2-7)6-10/h7-9,11H,1-6H2. The van der Waals surface area contributed by atoms with Gasteiger partial charge in [-0.3, -0.25) is 5.73 Å². The predicted octanol–water partition coefficient (Wildman–Crippen LogP) is 2.24. The second-order valence-corrected chi connectivity index (χ2v) is 5.20. The Morgan fingerprint density at radius 3 is 1.45 bits per heavy atom. The Morgan fingerprint density at radius 1 is 0.818 bits per heavy atom. The summed E-state index contributed by atoms with van der Waals surface area (Å²) in [6.45, 7) is 0. The molecule has 0 aromatic rings. The van der Waals surface area contributed by atoms with Gasteiger partial charge in [0.15, 0.2) is 0 Å². The molecule has 61 valence electrons. The summed E-state index contributed by atoms with van der Waals surface area (Å²) in [6.07, 6.45) is 8.12. The number of rotatable bonds is 0. The molecule has 0 aliphatic heterocycles. The second-order valence-electron chi connectivity index (χ2n) is 5.20. The van der Waals surface area contributed by atoms with Gasteiger partial charge >= 0.3 is 0 Å². The van der Waals surface area contributed by atoms with Crippen LogP contribution >= 0.6 is 0 Å². The number of hydrogen-bond acceptors (Lipinski definition) is 0. The van der Waals surface area contributed by atoms with Crippen molar-refractivity contribution in [2.24, 2.45) is 17.8 Å².